The number of rotatable bonds is 2. The Balaban J connectivity index is 1.74. The minimum atomic E-state index is -0.413. The summed E-state index contributed by atoms with van der Waals surface area (Å²) in [7, 11) is 0. The van der Waals surface area contributed by atoms with Crippen LogP contribution in [0.2, 0.25) is 0 Å². The van der Waals surface area contributed by atoms with Crippen LogP contribution in [-0.2, 0) is 4.74 Å². The lowest BCUT2D eigenvalue weighted by atomic mass is 9.83. The number of hydrogen-bond donors (Lipinski definition) is 1. The second kappa shape index (κ2) is 3.68. The second-order valence-corrected chi connectivity index (χ2v) is 6.17. The number of anilines is 1. The van der Waals surface area contributed by atoms with E-state index in [1.54, 1.807) is 23.5 Å². The molecule has 1 amide bonds. The van der Waals surface area contributed by atoms with Crippen LogP contribution in [0.15, 0.2) is 18.2 Å². The van der Waals surface area contributed by atoms with Crippen LogP contribution >= 0.6 is 11.3 Å². The molecule has 0 bridgehead atoms. The summed E-state index contributed by atoms with van der Waals surface area (Å²) >= 11 is 1.66. The summed E-state index contributed by atoms with van der Waals surface area (Å²) in [6.45, 7) is 2.64. The smallest absolute Gasteiger partial charge is 0.248 e. The third kappa shape index (κ3) is 1.50. The SMILES string of the molecule is NC(=O)c1ccc2sc(N3CCC34COC4)nc2c1. The number of carbonyl (C=O) groups is 1. The van der Waals surface area contributed by atoms with E-state index in [1.165, 1.54) is 6.42 Å². The maximum Gasteiger partial charge on any atom is 0.248 e. The number of amides is 1. The molecule has 3 heterocycles. The standard InChI is InChI=1S/C13H13N3O2S/c14-11(17)8-1-2-10-9(5-8)15-12(19-10)16-4-3-13(16)6-18-7-13/h1-2,5H,3-4,6-7H2,(H2,14,17). The molecule has 0 radical (unpaired) electrons. The number of hydrogen-bond acceptors (Lipinski definition) is 5. The molecule has 2 saturated heterocycles. The molecule has 0 saturated carbocycles. The molecule has 98 valence electrons. The first-order chi connectivity index (χ1) is 9.18. The lowest BCUT2D eigenvalue weighted by Crippen LogP contribution is -2.71. The Hall–Kier alpha value is -1.66. The molecular formula is C13H13N3O2S. The Morgan fingerprint density at radius 2 is 2.32 bits per heavy atom. The van der Waals surface area contributed by atoms with Crippen LogP contribution in [0.1, 0.15) is 16.8 Å². The highest BCUT2D eigenvalue weighted by molar-refractivity contribution is 7.22. The molecular weight excluding hydrogens is 262 g/mol. The van der Waals surface area contributed by atoms with E-state index in [0.717, 1.165) is 35.1 Å². The van der Waals surface area contributed by atoms with Crippen molar-refractivity contribution in [2.75, 3.05) is 24.7 Å². The molecule has 5 nitrogen and oxygen atoms in total. The third-order valence-corrected chi connectivity index (χ3v) is 5.07. The Labute approximate surface area is 114 Å². The van der Waals surface area contributed by atoms with Crippen molar-refractivity contribution in [3.63, 3.8) is 0 Å². The number of carbonyl (C=O) groups excluding carboxylic acids is 1. The fraction of sp³-hybridized carbons (Fsp3) is 0.385. The van der Waals surface area contributed by atoms with Crippen LogP contribution in [0.25, 0.3) is 10.2 Å². The Morgan fingerprint density at radius 3 is 2.89 bits per heavy atom. The van der Waals surface area contributed by atoms with Crippen molar-refractivity contribution in [3.8, 4) is 0 Å². The van der Waals surface area contributed by atoms with Gasteiger partial charge in [-0.15, -0.1) is 0 Å². The van der Waals surface area contributed by atoms with Gasteiger partial charge < -0.3 is 15.4 Å². The molecule has 2 aliphatic heterocycles. The molecule has 19 heavy (non-hydrogen) atoms. The number of thiazole rings is 1. The van der Waals surface area contributed by atoms with Crippen LogP contribution in [0.3, 0.4) is 0 Å². The summed E-state index contributed by atoms with van der Waals surface area (Å²) in [5.74, 6) is -0.413. The van der Waals surface area contributed by atoms with Crippen molar-refractivity contribution in [3.05, 3.63) is 23.8 Å². The fourth-order valence-electron chi connectivity index (χ4n) is 2.66. The second-order valence-electron chi connectivity index (χ2n) is 5.16. The van der Waals surface area contributed by atoms with Crippen LogP contribution < -0.4 is 10.6 Å². The van der Waals surface area contributed by atoms with Crippen LogP contribution in [0, 0.1) is 0 Å². The number of ether oxygens (including phenoxy) is 1. The monoisotopic (exact) mass is 275 g/mol. The topological polar surface area (TPSA) is 68.5 Å². The summed E-state index contributed by atoms with van der Waals surface area (Å²) in [6, 6.07) is 5.44. The molecule has 0 unspecified atom stereocenters. The first-order valence-electron chi connectivity index (χ1n) is 6.24. The zero-order valence-electron chi connectivity index (χ0n) is 10.3. The molecule has 0 atom stereocenters. The number of aromatic nitrogens is 1. The van der Waals surface area contributed by atoms with E-state index in [0.29, 0.717) is 5.56 Å². The van der Waals surface area contributed by atoms with Gasteiger partial charge in [0.25, 0.3) is 0 Å². The van der Waals surface area contributed by atoms with Gasteiger partial charge in [-0.1, -0.05) is 11.3 Å². The zero-order valence-corrected chi connectivity index (χ0v) is 11.1. The largest absolute Gasteiger partial charge is 0.376 e. The Bertz CT molecular complexity index is 672. The molecule has 2 N–H and O–H groups in total. The van der Waals surface area contributed by atoms with Gasteiger partial charge in [0, 0.05) is 12.1 Å². The average molecular weight is 275 g/mol. The van der Waals surface area contributed by atoms with Crippen LogP contribution in [0.4, 0.5) is 5.13 Å². The first kappa shape index (κ1) is 11.2. The quantitative estimate of drug-likeness (QED) is 0.899. The number of nitrogens with zero attached hydrogens (tertiary/aromatic N) is 2. The van der Waals surface area contributed by atoms with Crippen molar-refractivity contribution >= 4 is 32.6 Å². The molecule has 2 aromatic rings. The predicted molar refractivity (Wildman–Crippen MR) is 73.7 cm³/mol. The maximum atomic E-state index is 11.2. The lowest BCUT2D eigenvalue weighted by Gasteiger charge is -2.57. The van der Waals surface area contributed by atoms with Gasteiger partial charge in [0.1, 0.15) is 0 Å². The highest BCUT2D eigenvalue weighted by atomic mass is 32.1. The van der Waals surface area contributed by atoms with Crippen LogP contribution in [0.5, 0.6) is 0 Å². The zero-order chi connectivity index (χ0) is 13.0. The maximum absolute atomic E-state index is 11.2. The van der Waals surface area contributed by atoms with Crippen molar-refractivity contribution in [2.45, 2.75) is 12.0 Å². The van der Waals surface area contributed by atoms with Gasteiger partial charge in [0.05, 0.1) is 29.0 Å². The normalized spacial score (nSPS) is 20.3. The average Bonchev–Trinajstić information content (AvgIpc) is 2.66. The van der Waals surface area contributed by atoms with E-state index < -0.39 is 5.91 Å². The van der Waals surface area contributed by atoms with Gasteiger partial charge in [-0.3, -0.25) is 4.79 Å². The summed E-state index contributed by atoms with van der Waals surface area (Å²) in [4.78, 5) is 18.1. The fourth-order valence-corrected chi connectivity index (χ4v) is 3.74. The van der Waals surface area contributed by atoms with E-state index in [9.17, 15) is 4.79 Å². The summed E-state index contributed by atoms with van der Waals surface area (Å²) in [6.07, 6.45) is 1.18. The predicted octanol–water partition coefficient (Wildman–Crippen LogP) is 1.37. The Kier molecular flexibility index (Phi) is 2.17. The molecule has 1 aromatic heterocycles. The number of fused-ring (bicyclic) bond motifs is 1. The lowest BCUT2D eigenvalue weighted by molar-refractivity contribution is -0.0847. The van der Waals surface area contributed by atoms with Gasteiger partial charge in [-0.2, -0.15) is 0 Å². The summed E-state index contributed by atoms with van der Waals surface area (Å²) in [5.41, 5.74) is 6.84. The van der Waals surface area contributed by atoms with E-state index >= 15 is 0 Å². The first-order valence-corrected chi connectivity index (χ1v) is 7.05. The van der Waals surface area contributed by atoms with E-state index in [1.807, 2.05) is 6.07 Å². The number of benzene rings is 1. The van der Waals surface area contributed by atoms with Gasteiger partial charge in [0.2, 0.25) is 5.91 Å². The summed E-state index contributed by atoms with van der Waals surface area (Å²) < 4.78 is 6.42. The van der Waals surface area contributed by atoms with Gasteiger partial charge in [0.15, 0.2) is 5.13 Å². The van der Waals surface area contributed by atoms with Gasteiger partial charge in [-0.25, -0.2) is 4.98 Å². The third-order valence-electron chi connectivity index (χ3n) is 4.01. The highest BCUT2D eigenvalue weighted by Crippen LogP contribution is 2.43. The molecule has 1 spiro atoms. The summed E-state index contributed by atoms with van der Waals surface area (Å²) in [5, 5.41) is 1.02. The molecule has 4 rings (SSSR count). The van der Waals surface area contributed by atoms with E-state index in [-0.39, 0.29) is 5.54 Å². The molecule has 6 heteroatoms. The van der Waals surface area contributed by atoms with Crippen molar-refractivity contribution in [2.24, 2.45) is 5.73 Å². The van der Waals surface area contributed by atoms with Gasteiger partial charge >= 0.3 is 0 Å². The number of primary amides is 1. The molecule has 2 fully saturated rings. The van der Waals surface area contributed by atoms with Crippen LogP contribution in [-0.4, -0.2) is 36.2 Å². The van der Waals surface area contributed by atoms with E-state index in [4.69, 9.17) is 10.5 Å². The minimum absolute atomic E-state index is 0.195. The number of nitrogens with two attached hydrogens (primary N) is 1. The Morgan fingerprint density at radius 1 is 1.47 bits per heavy atom. The van der Waals surface area contributed by atoms with Gasteiger partial charge in [-0.05, 0) is 24.6 Å². The minimum Gasteiger partial charge on any atom is -0.376 e. The van der Waals surface area contributed by atoms with Crippen molar-refractivity contribution < 1.29 is 9.53 Å². The van der Waals surface area contributed by atoms with E-state index in [2.05, 4.69) is 9.88 Å². The molecule has 0 aliphatic carbocycles. The molecule has 1 aromatic carbocycles. The molecule has 2 aliphatic rings. The highest BCUT2D eigenvalue weighted by Gasteiger charge is 2.51. The van der Waals surface area contributed by atoms with Crippen molar-refractivity contribution in [1.29, 1.82) is 0 Å². The van der Waals surface area contributed by atoms with Crippen molar-refractivity contribution in [1.82, 2.24) is 4.98 Å².